The van der Waals surface area contributed by atoms with Crippen molar-refractivity contribution in [3.63, 3.8) is 0 Å². The summed E-state index contributed by atoms with van der Waals surface area (Å²) in [5.74, 6) is -0.170. The Kier molecular flexibility index (Phi) is 5.54. The van der Waals surface area contributed by atoms with Crippen LogP contribution in [0.2, 0.25) is 0 Å². The third-order valence-corrected chi connectivity index (χ3v) is 4.53. The van der Waals surface area contributed by atoms with Crippen LogP contribution in [-0.4, -0.2) is 11.9 Å². The van der Waals surface area contributed by atoms with Gasteiger partial charge in [0.1, 0.15) is 0 Å². The summed E-state index contributed by atoms with van der Waals surface area (Å²) in [7, 11) is 0. The molecule has 1 atom stereocenters. The Labute approximate surface area is 142 Å². The Balaban J connectivity index is 2.30. The average molecular weight is 356 g/mol. The number of rotatable bonds is 5. The number of amides is 1. The number of hydrogen-bond acceptors (Lipinski definition) is 3. The van der Waals surface area contributed by atoms with Crippen LogP contribution in [0.25, 0.3) is 0 Å². The monoisotopic (exact) mass is 356 g/mol. The molecule has 1 heterocycles. The first-order chi connectivity index (χ1) is 11.2. The highest BCUT2D eigenvalue weighted by atomic mass is 32.1. The number of anilines is 2. The lowest BCUT2D eigenvalue weighted by Gasteiger charge is -2.20. The summed E-state index contributed by atoms with van der Waals surface area (Å²) in [4.78, 5) is 12.5. The lowest BCUT2D eigenvalue weighted by atomic mass is 10.1. The summed E-state index contributed by atoms with van der Waals surface area (Å²) >= 11 is 1.23. The number of halogens is 3. The molecule has 2 N–H and O–H groups in total. The molecule has 1 amide bonds. The van der Waals surface area contributed by atoms with Crippen molar-refractivity contribution in [3.05, 3.63) is 46.2 Å². The van der Waals surface area contributed by atoms with Gasteiger partial charge in [-0.05, 0) is 42.5 Å². The molecule has 7 heteroatoms. The van der Waals surface area contributed by atoms with E-state index in [0.29, 0.717) is 10.6 Å². The van der Waals surface area contributed by atoms with Crippen molar-refractivity contribution >= 4 is 28.6 Å². The zero-order chi connectivity index (χ0) is 17.9. The van der Waals surface area contributed by atoms with E-state index in [9.17, 15) is 18.0 Å². The fraction of sp³-hybridized carbons (Fsp3) is 0.353. The predicted molar refractivity (Wildman–Crippen MR) is 91.6 cm³/mol. The molecular weight excluding hydrogens is 337 g/mol. The number of nitrogens with one attached hydrogen (secondary N) is 2. The van der Waals surface area contributed by atoms with E-state index >= 15 is 0 Å². The molecule has 1 aromatic heterocycles. The van der Waals surface area contributed by atoms with E-state index in [2.05, 4.69) is 10.6 Å². The van der Waals surface area contributed by atoms with Crippen LogP contribution in [0, 0.1) is 5.92 Å². The predicted octanol–water partition coefficient (Wildman–Crippen LogP) is 5.48. The standard InChI is InChI=1S/C17H19F3N2OS/c1-10(2)11(3)21-13-7-12(17(18,19)20)8-14(9-13)22-16(23)15-5-4-6-24-15/h4-11,21H,1-3H3,(H,22,23). The summed E-state index contributed by atoms with van der Waals surface area (Å²) < 4.78 is 39.3. The Morgan fingerprint density at radius 2 is 1.79 bits per heavy atom. The zero-order valence-electron chi connectivity index (χ0n) is 13.6. The van der Waals surface area contributed by atoms with Gasteiger partial charge in [0.15, 0.2) is 0 Å². The number of carbonyl (C=O) groups excluding carboxylic acids is 1. The minimum atomic E-state index is -4.48. The van der Waals surface area contributed by atoms with E-state index in [4.69, 9.17) is 0 Å². The second-order valence-electron chi connectivity index (χ2n) is 5.91. The molecule has 0 aliphatic rings. The van der Waals surface area contributed by atoms with Gasteiger partial charge in [0.25, 0.3) is 5.91 Å². The number of hydrogen-bond donors (Lipinski definition) is 2. The third-order valence-electron chi connectivity index (χ3n) is 3.66. The van der Waals surface area contributed by atoms with Gasteiger partial charge in [0, 0.05) is 17.4 Å². The molecular formula is C17H19F3N2OS. The fourth-order valence-electron chi connectivity index (χ4n) is 1.98. The Bertz CT molecular complexity index is 696. The second kappa shape index (κ2) is 7.25. The van der Waals surface area contributed by atoms with Crippen LogP contribution in [-0.2, 0) is 6.18 Å². The zero-order valence-corrected chi connectivity index (χ0v) is 14.4. The molecule has 2 rings (SSSR count). The van der Waals surface area contributed by atoms with Crippen LogP contribution in [0.3, 0.4) is 0 Å². The lowest BCUT2D eigenvalue weighted by Crippen LogP contribution is -2.22. The second-order valence-corrected chi connectivity index (χ2v) is 6.85. The minimum absolute atomic E-state index is 0.00525. The van der Waals surface area contributed by atoms with Gasteiger partial charge in [-0.1, -0.05) is 19.9 Å². The van der Waals surface area contributed by atoms with Crippen LogP contribution in [0.4, 0.5) is 24.5 Å². The smallest absolute Gasteiger partial charge is 0.382 e. The van der Waals surface area contributed by atoms with Crippen molar-refractivity contribution in [3.8, 4) is 0 Å². The van der Waals surface area contributed by atoms with Crippen LogP contribution < -0.4 is 10.6 Å². The van der Waals surface area contributed by atoms with Crippen molar-refractivity contribution in [1.29, 1.82) is 0 Å². The largest absolute Gasteiger partial charge is 0.416 e. The molecule has 24 heavy (non-hydrogen) atoms. The van der Waals surface area contributed by atoms with Gasteiger partial charge in [-0.15, -0.1) is 11.3 Å². The maximum Gasteiger partial charge on any atom is 0.416 e. The Morgan fingerprint density at radius 1 is 1.12 bits per heavy atom. The first-order valence-electron chi connectivity index (χ1n) is 7.50. The van der Waals surface area contributed by atoms with Crippen LogP contribution in [0.1, 0.15) is 36.0 Å². The summed E-state index contributed by atoms with van der Waals surface area (Å²) in [6.45, 7) is 5.85. The fourth-order valence-corrected chi connectivity index (χ4v) is 2.60. The van der Waals surface area contributed by atoms with Crippen LogP contribution in [0.15, 0.2) is 35.7 Å². The van der Waals surface area contributed by atoms with Crippen molar-refractivity contribution in [2.45, 2.75) is 33.0 Å². The van der Waals surface area contributed by atoms with E-state index in [1.165, 1.54) is 17.4 Å². The quantitative estimate of drug-likeness (QED) is 0.745. The molecule has 0 aliphatic carbocycles. The molecule has 1 aromatic carbocycles. The summed E-state index contributed by atoms with van der Waals surface area (Å²) in [6.07, 6.45) is -4.48. The molecule has 3 nitrogen and oxygen atoms in total. The maximum atomic E-state index is 13.1. The highest BCUT2D eigenvalue weighted by molar-refractivity contribution is 7.12. The normalized spacial score (nSPS) is 13.0. The van der Waals surface area contributed by atoms with E-state index in [-0.39, 0.29) is 17.6 Å². The number of benzene rings is 1. The third kappa shape index (κ3) is 4.74. The van der Waals surface area contributed by atoms with Gasteiger partial charge in [0.2, 0.25) is 0 Å². The highest BCUT2D eigenvalue weighted by Gasteiger charge is 2.31. The van der Waals surface area contributed by atoms with E-state index in [1.807, 2.05) is 20.8 Å². The van der Waals surface area contributed by atoms with Crippen molar-refractivity contribution < 1.29 is 18.0 Å². The van der Waals surface area contributed by atoms with E-state index < -0.39 is 17.6 Å². The molecule has 0 saturated carbocycles. The van der Waals surface area contributed by atoms with Gasteiger partial charge in [-0.3, -0.25) is 4.79 Å². The molecule has 0 aliphatic heterocycles. The summed E-state index contributed by atoms with van der Waals surface area (Å²) in [5.41, 5.74) is -0.362. The van der Waals surface area contributed by atoms with E-state index in [1.54, 1.807) is 17.5 Å². The maximum absolute atomic E-state index is 13.1. The molecule has 2 aromatic rings. The molecule has 130 valence electrons. The Morgan fingerprint density at radius 3 is 2.33 bits per heavy atom. The molecule has 0 saturated heterocycles. The number of thiophene rings is 1. The molecule has 0 radical (unpaired) electrons. The van der Waals surface area contributed by atoms with Crippen LogP contribution >= 0.6 is 11.3 Å². The topological polar surface area (TPSA) is 41.1 Å². The van der Waals surface area contributed by atoms with Crippen LogP contribution in [0.5, 0.6) is 0 Å². The Hall–Kier alpha value is -2.02. The molecule has 0 spiro atoms. The van der Waals surface area contributed by atoms with Gasteiger partial charge < -0.3 is 10.6 Å². The first kappa shape index (κ1) is 18.3. The van der Waals surface area contributed by atoms with E-state index in [0.717, 1.165) is 12.1 Å². The van der Waals surface area contributed by atoms with Crippen molar-refractivity contribution in [2.75, 3.05) is 10.6 Å². The number of alkyl halides is 3. The van der Waals surface area contributed by atoms with Gasteiger partial charge in [-0.25, -0.2) is 0 Å². The van der Waals surface area contributed by atoms with Gasteiger partial charge >= 0.3 is 6.18 Å². The van der Waals surface area contributed by atoms with Crippen molar-refractivity contribution in [1.82, 2.24) is 0 Å². The SMILES string of the molecule is CC(C)C(C)Nc1cc(NC(=O)c2cccs2)cc(C(F)(F)F)c1. The lowest BCUT2D eigenvalue weighted by molar-refractivity contribution is -0.137. The molecule has 0 fully saturated rings. The minimum Gasteiger partial charge on any atom is -0.382 e. The summed E-state index contributed by atoms with van der Waals surface area (Å²) in [5, 5.41) is 7.32. The summed E-state index contributed by atoms with van der Waals surface area (Å²) in [6, 6.07) is 6.83. The van der Waals surface area contributed by atoms with Gasteiger partial charge in [-0.2, -0.15) is 13.2 Å². The molecule has 1 unspecified atom stereocenters. The first-order valence-corrected chi connectivity index (χ1v) is 8.38. The van der Waals surface area contributed by atoms with Gasteiger partial charge in [0.05, 0.1) is 10.4 Å². The molecule has 0 bridgehead atoms. The van der Waals surface area contributed by atoms with Crippen molar-refractivity contribution in [2.24, 2.45) is 5.92 Å². The number of carbonyl (C=O) groups is 1. The highest BCUT2D eigenvalue weighted by Crippen LogP contribution is 2.34. The average Bonchev–Trinajstić information content (AvgIpc) is 3.00.